The lowest BCUT2D eigenvalue weighted by Crippen LogP contribution is -2.22. The number of hydrogen-bond acceptors (Lipinski definition) is 8. The number of halogens is 1. The second-order valence-corrected chi connectivity index (χ2v) is 8.64. The van der Waals surface area contributed by atoms with Gasteiger partial charge < -0.3 is 10.1 Å². The van der Waals surface area contributed by atoms with E-state index in [0.29, 0.717) is 16.4 Å². The van der Waals surface area contributed by atoms with Crippen molar-refractivity contribution in [2.24, 2.45) is 0 Å². The van der Waals surface area contributed by atoms with Crippen LogP contribution >= 0.6 is 34.7 Å². The number of nitrogens with zero attached hydrogens (tertiary/aromatic N) is 4. The first kappa shape index (κ1) is 20.3. The standard InChI is InChI=1S/C19H14ClN5O3S2/c20-12-5-6-15(25-11-21-10-22-25)14(7-12)23-17(26)8-28-18(27)9-29-19-24-13-3-1-2-4-16(13)30-19/h1-7,10-11H,8-9H2,(H,23,26). The van der Waals surface area contributed by atoms with Crippen LogP contribution in [0, 0.1) is 0 Å². The first-order chi connectivity index (χ1) is 14.6. The highest BCUT2D eigenvalue weighted by Gasteiger charge is 2.13. The topological polar surface area (TPSA) is 99.0 Å². The Kier molecular flexibility index (Phi) is 6.26. The smallest absolute Gasteiger partial charge is 0.316 e. The first-order valence-electron chi connectivity index (χ1n) is 8.67. The van der Waals surface area contributed by atoms with Crippen LogP contribution in [-0.2, 0) is 14.3 Å². The Morgan fingerprint density at radius 2 is 2.10 bits per heavy atom. The molecule has 0 aliphatic heterocycles. The van der Waals surface area contributed by atoms with Crippen molar-refractivity contribution in [3.8, 4) is 5.69 Å². The van der Waals surface area contributed by atoms with Crippen molar-refractivity contribution in [3.63, 3.8) is 0 Å². The summed E-state index contributed by atoms with van der Waals surface area (Å²) in [5.41, 5.74) is 1.91. The quantitative estimate of drug-likeness (QED) is 0.331. The Morgan fingerprint density at radius 1 is 1.23 bits per heavy atom. The molecule has 0 spiro atoms. The number of hydrogen-bond donors (Lipinski definition) is 1. The number of nitrogens with one attached hydrogen (secondary N) is 1. The molecule has 8 nitrogen and oxygen atoms in total. The average molecular weight is 460 g/mol. The molecule has 4 rings (SSSR count). The zero-order chi connectivity index (χ0) is 20.9. The number of anilines is 1. The van der Waals surface area contributed by atoms with Gasteiger partial charge in [0.1, 0.15) is 12.7 Å². The minimum Gasteiger partial charge on any atom is -0.455 e. The second-order valence-electron chi connectivity index (χ2n) is 5.95. The third-order valence-corrected chi connectivity index (χ3v) is 6.24. The third kappa shape index (κ3) is 4.96. The van der Waals surface area contributed by atoms with E-state index >= 15 is 0 Å². The number of amides is 1. The van der Waals surface area contributed by atoms with Crippen LogP contribution in [-0.4, -0.2) is 44.0 Å². The van der Waals surface area contributed by atoms with Gasteiger partial charge in [0, 0.05) is 5.02 Å². The number of rotatable bonds is 7. The zero-order valence-corrected chi connectivity index (χ0v) is 17.7. The van der Waals surface area contributed by atoms with Gasteiger partial charge in [0.15, 0.2) is 10.9 Å². The summed E-state index contributed by atoms with van der Waals surface area (Å²) >= 11 is 8.81. The number of para-hydroxylation sites is 1. The average Bonchev–Trinajstić information content (AvgIpc) is 3.40. The Morgan fingerprint density at radius 3 is 2.90 bits per heavy atom. The summed E-state index contributed by atoms with van der Waals surface area (Å²) in [6.45, 7) is -0.414. The number of fused-ring (bicyclic) bond motifs is 1. The fraction of sp³-hybridized carbons (Fsp3) is 0.105. The number of thioether (sulfide) groups is 1. The van der Waals surface area contributed by atoms with E-state index in [1.807, 2.05) is 24.3 Å². The van der Waals surface area contributed by atoms with Crippen LogP contribution in [0.15, 0.2) is 59.5 Å². The number of ether oxygens (including phenoxy) is 1. The lowest BCUT2D eigenvalue weighted by Gasteiger charge is -2.11. The minimum absolute atomic E-state index is 0.0640. The van der Waals surface area contributed by atoms with Gasteiger partial charge in [-0.3, -0.25) is 9.59 Å². The molecule has 0 saturated carbocycles. The summed E-state index contributed by atoms with van der Waals surface area (Å²) in [6, 6.07) is 12.7. The van der Waals surface area contributed by atoms with Crippen LogP contribution in [0.5, 0.6) is 0 Å². The molecular formula is C19H14ClN5O3S2. The molecular weight excluding hydrogens is 446 g/mol. The maximum atomic E-state index is 12.2. The largest absolute Gasteiger partial charge is 0.455 e. The highest BCUT2D eigenvalue weighted by Crippen LogP contribution is 2.29. The molecule has 2 aromatic heterocycles. The molecule has 30 heavy (non-hydrogen) atoms. The van der Waals surface area contributed by atoms with E-state index in [0.717, 1.165) is 14.6 Å². The van der Waals surface area contributed by atoms with Gasteiger partial charge in [0.05, 0.1) is 27.3 Å². The normalized spacial score (nSPS) is 10.8. The number of esters is 1. The van der Waals surface area contributed by atoms with Gasteiger partial charge in [-0.05, 0) is 30.3 Å². The van der Waals surface area contributed by atoms with E-state index in [-0.39, 0.29) is 5.75 Å². The van der Waals surface area contributed by atoms with Gasteiger partial charge in [-0.2, -0.15) is 5.10 Å². The van der Waals surface area contributed by atoms with Gasteiger partial charge in [0.25, 0.3) is 5.91 Å². The first-order valence-corrected chi connectivity index (χ1v) is 10.8. The van der Waals surface area contributed by atoms with E-state index in [9.17, 15) is 9.59 Å². The minimum atomic E-state index is -0.503. The second kappa shape index (κ2) is 9.24. The van der Waals surface area contributed by atoms with Gasteiger partial charge in [-0.25, -0.2) is 14.6 Å². The van der Waals surface area contributed by atoms with E-state index < -0.39 is 18.5 Å². The van der Waals surface area contributed by atoms with Gasteiger partial charge in [-0.1, -0.05) is 35.5 Å². The maximum Gasteiger partial charge on any atom is 0.316 e. The number of aromatic nitrogens is 4. The van der Waals surface area contributed by atoms with Crippen LogP contribution in [0.3, 0.4) is 0 Å². The van der Waals surface area contributed by atoms with Gasteiger partial charge in [-0.15, -0.1) is 11.3 Å². The summed E-state index contributed by atoms with van der Waals surface area (Å²) < 4.78 is 8.39. The molecule has 0 aliphatic rings. The molecule has 11 heteroatoms. The van der Waals surface area contributed by atoms with Crippen molar-refractivity contribution in [2.45, 2.75) is 4.34 Å². The highest BCUT2D eigenvalue weighted by molar-refractivity contribution is 8.01. The molecule has 152 valence electrons. The molecule has 0 atom stereocenters. The molecule has 2 heterocycles. The Labute approximate surface area is 184 Å². The number of thiazole rings is 1. The summed E-state index contributed by atoms with van der Waals surface area (Å²) in [7, 11) is 0. The Bertz CT molecular complexity index is 1160. The molecule has 2 aromatic carbocycles. The van der Waals surface area contributed by atoms with E-state index in [4.69, 9.17) is 16.3 Å². The van der Waals surface area contributed by atoms with Crippen molar-refractivity contribution in [3.05, 3.63) is 60.1 Å². The van der Waals surface area contributed by atoms with Crippen LogP contribution in [0.4, 0.5) is 5.69 Å². The molecule has 0 saturated heterocycles. The summed E-state index contributed by atoms with van der Waals surface area (Å²) in [5, 5.41) is 7.17. The molecule has 0 radical (unpaired) electrons. The predicted octanol–water partition coefficient (Wildman–Crippen LogP) is 3.80. The fourth-order valence-electron chi connectivity index (χ4n) is 2.55. The number of carbonyl (C=O) groups excluding carboxylic acids is 2. The number of carbonyl (C=O) groups is 2. The third-order valence-electron chi connectivity index (χ3n) is 3.85. The molecule has 1 amide bonds. The lowest BCUT2D eigenvalue weighted by molar-refractivity contribution is -0.144. The summed E-state index contributed by atoms with van der Waals surface area (Å²) in [4.78, 5) is 32.6. The number of benzene rings is 2. The highest BCUT2D eigenvalue weighted by atomic mass is 35.5. The molecule has 0 fully saturated rings. The monoisotopic (exact) mass is 459 g/mol. The van der Waals surface area contributed by atoms with Crippen molar-refractivity contribution < 1.29 is 14.3 Å². The molecule has 0 aliphatic carbocycles. The van der Waals surface area contributed by atoms with Crippen molar-refractivity contribution >= 4 is 62.5 Å². The van der Waals surface area contributed by atoms with Crippen LogP contribution < -0.4 is 5.32 Å². The van der Waals surface area contributed by atoms with Crippen molar-refractivity contribution in [1.82, 2.24) is 19.7 Å². The van der Waals surface area contributed by atoms with Gasteiger partial charge in [0.2, 0.25) is 0 Å². The van der Waals surface area contributed by atoms with Crippen LogP contribution in [0.25, 0.3) is 15.9 Å². The predicted molar refractivity (Wildman–Crippen MR) is 116 cm³/mol. The van der Waals surface area contributed by atoms with Crippen molar-refractivity contribution in [1.29, 1.82) is 0 Å². The molecule has 4 aromatic rings. The lowest BCUT2D eigenvalue weighted by atomic mass is 10.2. The molecule has 1 N–H and O–H groups in total. The molecule has 0 unspecified atom stereocenters. The maximum absolute atomic E-state index is 12.2. The van der Waals surface area contributed by atoms with Crippen LogP contribution in [0.1, 0.15) is 0 Å². The van der Waals surface area contributed by atoms with Gasteiger partial charge >= 0.3 is 5.97 Å². The van der Waals surface area contributed by atoms with E-state index in [1.54, 1.807) is 18.2 Å². The SMILES string of the molecule is O=C(COC(=O)CSc1nc2ccccc2s1)Nc1cc(Cl)ccc1-n1cncn1. The zero-order valence-electron chi connectivity index (χ0n) is 15.3. The van der Waals surface area contributed by atoms with Crippen molar-refractivity contribution in [2.75, 3.05) is 17.7 Å². The summed E-state index contributed by atoms with van der Waals surface area (Å²) in [6.07, 6.45) is 2.88. The van der Waals surface area contributed by atoms with Crippen LogP contribution in [0.2, 0.25) is 5.02 Å². The molecule has 0 bridgehead atoms. The van der Waals surface area contributed by atoms with E-state index in [2.05, 4.69) is 20.4 Å². The summed E-state index contributed by atoms with van der Waals surface area (Å²) in [5.74, 6) is -0.928. The fourth-order valence-corrected chi connectivity index (χ4v) is 4.59. The van der Waals surface area contributed by atoms with E-state index in [1.165, 1.54) is 40.4 Å². The Balaban J connectivity index is 1.30. The Hall–Kier alpha value is -2.95.